The zero-order chi connectivity index (χ0) is 9.28. The van der Waals surface area contributed by atoms with Gasteiger partial charge in [0.2, 0.25) is 0 Å². The highest BCUT2D eigenvalue weighted by atomic mass is 16.6. The van der Waals surface area contributed by atoms with Crippen LogP contribution in [0.2, 0.25) is 0 Å². The van der Waals surface area contributed by atoms with Gasteiger partial charge in [-0.1, -0.05) is 0 Å². The molecule has 0 spiro atoms. The van der Waals surface area contributed by atoms with E-state index in [1.807, 2.05) is 6.92 Å². The molecule has 0 saturated carbocycles. The molecule has 0 radical (unpaired) electrons. The van der Waals surface area contributed by atoms with Crippen molar-refractivity contribution in [3.8, 4) is 0 Å². The highest BCUT2D eigenvalue weighted by Crippen LogP contribution is 1.78. The van der Waals surface area contributed by atoms with Crippen LogP contribution in [0.1, 0.15) is 20.8 Å². The van der Waals surface area contributed by atoms with Gasteiger partial charge >= 0.3 is 0 Å². The molecule has 4 nitrogen and oxygen atoms in total. The van der Waals surface area contributed by atoms with Gasteiger partial charge in [-0.3, -0.25) is 0 Å². The number of hydrogen-bond donors (Lipinski definition) is 3. The second-order valence-electron chi connectivity index (χ2n) is 2.09. The molecule has 0 bridgehead atoms. The topological polar surface area (TPSA) is 69.9 Å². The third-order valence-electron chi connectivity index (χ3n) is 0.672. The molecule has 3 N–H and O–H groups in total. The first-order chi connectivity index (χ1) is 5.04. The Hall–Kier alpha value is -0.160. The van der Waals surface area contributed by atoms with Gasteiger partial charge in [-0.05, 0) is 20.8 Å². The van der Waals surface area contributed by atoms with Crippen LogP contribution in [0.4, 0.5) is 0 Å². The molecule has 0 aromatic heterocycles. The van der Waals surface area contributed by atoms with E-state index in [1.165, 1.54) is 6.92 Å². The van der Waals surface area contributed by atoms with Crippen LogP contribution in [0.3, 0.4) is 0 Å². The van der Waals surface area contributed by atoms with Crippen LogP contribution in [0.5, 0.6) is 0 Å². The maximum atomic E-state index is 8.33. The summed E-state index contributed by atoms with van der Waals surface area (Å²) in [6.07, 6.45) is -1.16. The summed E-state index contributed by atoms with van der Waals surface area (Å²) in [5, 5.41) is 24.3. The summed E-state index contributed by atoms with van der Waals surface area (Å²) in [6, 6.07) is 0. The van der Waals surface area contributed by atoms with E-state index in [2.05, 4.69) is 4.74 Å². The van der Waals surface area contributed by atoms with Gasteiger partial charge in [0.1, 0.15) is 0 Å². The van der Waals surface area contributed by atoms with Crippen molar-refractivity contribution >= 4 is 0 Å². The van der Waals surface area contributed by atoms with Gasteiger partial charge in [-0.2, -0.15) is 0 Å². The van der Waals surface area contributed by atoms with Gasteiger partial charge in [-0.15, -0.1) is 0 Å². The highest BCUT2D eigenvalue weighted by molar-refractivity contribution is 4.34. The van der Waals surface area contributed by atoms with Gasteiger partial charge < -0.3 is 20.1 Å². The van der Waals surface area contributed by atoms with Crippen molar-refractivity contribution in [2.24, 2.45) is 0 Å². The molecule has 0 saturated heterocycles. The molecule has 0 aliphatic rings. The monoisotopic (exact) mass is 166 g/mol. The Kier molecular flexibility index (Phi) is 12.0. The molecule has 0 aromatic rings. The Labute approximate surface area is 67.4 Å². The predicted molar refractivity (Wildman–Crippen MR) is 42.1 cm³/mol. The lowest BCUT2D eigenvalue weighted by atomic mass is 10.5. The Bertz CT molecular complexity index is 63.5. The molecule has 0 fully saturated rings. The van der Waals surface area contributed by atoms with Crippen molar-refractivity contribution in [1.82, 2.24) is 0 Å². The quantitative estimate of drug-likeness (QED) is 0.504. The van der Waals surface area contributed by atoms with Crippen LogP contribution in [0, 0.1) is 0 Å². The molecule has 0 rings (SSSR count). The molecule has 0 aliphatic carbocycles. The fourth-order valence-corrected chi connectivity index (χ4v) is 0.241. The van der Waals surface area contributed by atoms with Crippen LogP contribution in [0.25, 0.3) is 0 Å². The minimum atomic E-state index is -0.602. The lowest BCUT2D eigenvalue weighted by molar-refractivity contribution is -0.0800. The first-order valence-electron chi connectivity index (χ1n) is 3.63. The van der Waals surface area contributed by atoms with Crippen molar-refractivity contribution in [2.45, 2.75) is 33.2 Å². The minimum Gasteiger partial charge on any atom is -0.394 e. The van der Waals surface area contributed by atoms with Crippen molar-refractivity contribution in [3.63, 3.8) is 0 Å². The molecule has 0 aromatic carbocycles. The number of ether oxygens (including phenoxy) is 1. The van der Waals surface area contributed by atoms with E-state index in [9.17, 15) is 0 Å². The first-order valence-corrected chi connectivity index (χ1v) is 3.63. The van der Waals surface area contributed by atoms with E-state index in [1.54, 1.807) is 6.92 Å². The van der Waals surface area contributed by atoms with E-state index < -0.39 is 12.4 Å². The van der Waals surface area contributed by atoms with E-state index in [-0.39, 0.29) is 6.61 Å². The molecule has 0 aliphatic heterocycles. The fourth-order valence-electron chi connectivity index (χ4n) is 0.241. The van der Waals surface area contributed by atoms with E-state index in [0.29, 0.717) is 6.61 Å². The van der Waals surface area contributed by atoms with Gasteiger partial charge in [0.05, 0.1) is 12.7 Å². The average molecular weight is 166 g/mol. The smallest absolute Gasteiger partial charge is 0.151 e. The lowest BCUT2D eigenvalue weighted by Crippen LogP contribution is -2.04. The van der Waals surface area contributed by atoms with Crippen LogP contribution in [-0.2, 0) is 4.74 Å². The standard InChI is InChI=1S/C4H10O2.C3H8O2/c1-3-6-4(2)5;1-3(5)2-4/h4-5H,3H2,1-2H3;3-5H,2H2,1H3. The number of aliphatic hydroxyl groups is 3. The maximum Gasteiger partial charge on any atom is 0.151 e. The molecule has 0 heterocycles. The zero-order valence-electron chi connectivity index (χ0n) is 7.32. The summed E-state index contributed by atoms with van der Waals surface area (Å²) in [5.74, 6) is 0. The molecule has 2 atom stereocenters. The molecule has 4 heteroatoms. The SMILES string of the molecule is CC(O)CO.CCOC(C)O. The Morgan fingerprint density at radius 3 is 1.64 bits per heavy atom. The Balaban J connectivity index is 0. The van der Waals surface area contributed by atoms with Crippen LogP contribution in [-0.4, -0.2) is 40.9 Å². The lowest BCUT2D eigenvalue weighted by Gasteiger charge is -1.99. The first kappa shape index (κ1) is 13.4. The fraction of sp³-hybridized carbons (Fsp3) is 1.00. The van der Waals surface area contributed by atoms with E-state index in [0.717, 1.165) is 0 Å². The number of rotatable bonds is 3. The Morgan fingerprint density at radius 2 is 1.64 bits per heavy atom. The molecule has 11 heavy (non-hydrogen) atoms. The second kappa shape index (κ2) is 9.84. The minimum absolute atomic E-state index is 0.139. The zero-order valence-corrected chi connectivity index (χ0v) is 7.32. The molecule has 70 valence electrons. The average Bonchev–Trinajstić information content (AvgIpc) is 1.89. The largest absolute Gasteiger partial charge is 0.394 e. The summed E-state index contributed by atoms with van der Waals surface area (Å²) in [5.41, 5.74) is 0. The van der Waals surface area contributed by atoms with Crippen LogP contribution in [0.15, 0.2) is 0 Å². The van der Waals surface area contributed by atoms with Crippen LogP contribution >= 0.6 is 0 Å². The van der Waals surface area contributed by atoms with E-state index >= 15 is 0 Å². The summed E-state index contributed by atoms with van der Waals surface area (Å²) < 4.78 is 4.60. The molecule has 0 amide bonds. The van der Waals surface area contributed by atoms with E-state index in [4.69, 9.17) is 15.3 Å². The summed E-state index contributed by atoms with van der Waals surface area (Å²) in [4.78, 5) is 0. The third kappa shape index (κ3) is 25.8. The highest BCUT2D eigenvalue weighted by Gasteiger charge is 1.85. The van der Waals surface area contributed by atoms with Crippen molar-refractivity contribution in [1.29, 1.82) is 0 Å². The maximum absolute atomic E-state index is 8.33. The van der Waals surface area contributed by atoms with Gasteiger partial charge in [0, 0.05) is 6.61 Å². The summed E-state index contributed by atoms with van der Waals surface area (Å²) >= 11 is 0. The van der Waals surface area contributed by atoms with Crippen molar-refractivity contribution in [2.75, 3.05) is 13.2 Å². The molecular formula is C7H18O4. The van der Waals surface area contributed by atoms with Gasteiger partial charge in [-0.25, -0.2) is 0 Å². The molecule has 2 unspecified atom stereocenters. The number of aliphatic hydroxyl groups excluding tert-OH is 3. The summed E-state index contributed by atoms with van der Waals surface area (Å²) in [7, 11) is 0. The predicted octanol–water partition coefficient (Wildman–Crippen LogP) is -0.279. The Morgan fingerprint density at radius 1 is 1.27 bits per heavy atom. The van der Waals surface area contributed by atoms with Crippen molar-refractivity contribution < 1.29 is 20.1 Å². The molecular weight excluding hydrogens is 148 g/mol. The second-order valence-corrected chi connectivity index (χ2v) is 2.09. The van der Waals surface area contributed by atoms with Crippen molar-refractivity contribution in [3.05, 3.63) is 0 Å². The van der Waals surface area contributed by atoms with Crippen LogP contribution < -0.4 is 0 Å². The summed E-state index contributed by atoms with van der Waals surface area (Å²) in [6.45, 7) is 5.40. The van der Waals surface area contributed by atoms with Gasteiger partial charge in [0.15, 0.2) is 6.29 Å². The normalized spacial score (nSPS) is 14.7. The third-order valence-corrected chi connectivity index (χ3v) is 0.672. The van der Waals surface area contributed by atoms with Gasteiger partial charge in [0.25, 0.3) is 0 Å². The number of hydrogen-bond acceptors (Lipinski definition) is 4.